The predicted molar refractivity (Wildman–Crippen MR) is 97.0 cm³/mol. The molecule has 2 aromatic carbocycles. The second kappa shape index (κ2) is 7.28. The van der Waals surface area contributed by atoms with Crippen molar-refractivity contribution in [1.82, 2.24) is 9.21 Å². The largest absolute Gasteiger partial charge is 0.336 e. The van der Waals surface area contributed by atoms with Crippen molar-refractivity contribution in [2.45, 2.75) is 11.8 Å². The number of carbonyl (C=O) groups excluding carboxylic acids is 1. The first-order chi connectivity index (χ1) is 12.4. The van der Waals surface area contributed by atoms with Crippen molar-refractivity contribution in [2.24, 2.45) is 0 Å². The van der Waals surface area contributed by atoms with Gasteiger partial charge in [0.05, 0.1) is 16.5 Å². The summed E-state index contributed by atoms with van der Waals surface area (Å²) in [5.74, 6) is -0.0708. The first-order valence-corrected chi connectivity index (χ1v) is 9.73. The molecule has 134 valence electrons. The van der Waals surface area contributed by atoms with Crippen molar-refractivity contribution in [2.75, 3.05) is 26.2 Å². The van der Waals surface area contributed by atoms with Crippen LogP contribution < -0.4 is 0 Å². The van der Waals surface area contributed by atoms with Crippen LogP contribution in [0, 0.1) is 18.3 Å². The van der Waals surface area contributed by atoms with E-state index in [1.54, 1.807) is 11.0 Å². The van der Waals surface area contributed by atoms with Crippen LogP contribution in [0.2, 0.25) is 0 Å². The van der Waals surface area contributed by atoms with Crippen LogP contribution in [0.5, 0.6) is 0 Å². The predicted octanol–water partition coefficient (Wildman–Crippen LogP) is 2.01. The first kappa shape index (κ1) is 18.1. The molecule has 0 radical (unpaired) electrons. The van der Waals surface area contributed by atoms with Gasteiger partial charge < -0.3 is 4.90 Å². The molecule has 0 saturated carbocycles. The Morgan fingerprint density at radius 3 is 2.19 bits per heavy atom. The second-order valence-electron chi connectivity index (χ2n) is 6.15. The minimum atomic E-state index is -3.62. The van der Waals surface area contributed by atoms with Gasteiger partial charge in [0, 0.05) is 31.7 Å². The van der Waals surface area contributed by atoms with Crippen LogP contribution in [-0.4, -0.2) is 49.7 Å². The third-order valence-electron chi connectivity index (χ3n) is 4.52. The van der Waals surface area contributed by atoms with E-state index in [1.165, 1.54) is 28.6 Å². The molecule has 0 bridgehead atoms. The van der Waals surface area contributed by atoms with Gasteiger partial charge in [0.25, 0.3) is 5.91 Å². The second-order valence-corrected chi connectivity index (χ2v) is 8.09. The van der Waals surface area contributed by atoms with Crippen LogP contribution in [0.3, 0.4) is 0 Å². The van der Waals surface area contributed by atoms with Crippen molar-refractivity contribution >= 4 is 15.9 Å². The summed E-state index contributed by atoms with van der Waals surface area (Å²) in [6.45, 7) is 3.09. The highest BCUT2D eigenvalue weighted by Gasteiger charge is 2.30. The van der Waals surface area contributed by atoms with Crippen LogP contribution >= 0.6 is 0 Å². The molecule has 1 heterocycles. The molecule has 1 saturated heterocycles. The number of hydrogen-bond donors (Lipinski definition) is 0. The van der Waals surface area contributed by atoms with Crippen LogP contribution in [0.4, 0.5) is 0 Å². The Kier molecular flexibility index (Phi) is 5.07. The maximum atomic E-state index is 12.7. The highest BCUT2D eigenvalue weighted by atomic mass is 32.2. The van der Waals surface area contributed by atoms with Crippen molar-refractivity contribution in [3.05, 3.63) is 65.2 Å². The number of amides is 1. The van der Waals surface area contributed by atoms with E-state index in [-0.39, 0.29) is 23.9 Å². The van der Waals surface area contributed by atoms with E-state index in [9.17, 15) is 13.2 Å². The minimum Gasteiger partial charge on any atom is -0.336 e. The average Bonchev–Trinajstić information content (AvgIpc) is 2.68. The van der Waals surface area contributed by atoms with Crippen LogP contribution in [0.25, 0.3) is 0 Å². The summed E-state index contributed by atoms with van der Waals surface area (Å²) in [7, 11) is -3.62. The SMILES string of the molecule is Cc1ccccc1C(=O)N1CCN(S(=O)(=O)c2ccc(C#N)cc2)CC1. The molecule has 7 heteroatoms. The Labute approximate surface area is 153 Å². The monoisotopic (exact) mass is 369 g/mol. The molecule has 3 rings (SSSR count). The van der Waals surface area contributed by atoms with Gasteiger partial charge in [0.1, 0.15) is 0 Å². The highest BCUT2D eigenvalue weighted by Crippen LogP contribution is 2.19. The standard InChI is InChI=1S/C19H19N3O3S/c1-15-4-2-3-5-18(15)19(23)21-10-12-22(13-11-21)26(24,25)17-8-6-16(14-20)7-9-17/h2-9H,10-13H2,1H3. The summed E-state index contributed by atoms with van der Waals surface area (Å²) in [6, 6.07) is 15.2. The summed E-state index contributed by atoms with van der Waals surface area (Å²) in [4.78, 5) is 14.5. The quantitative estimate of drug-likeness (QED) is 0.829. The molecule has 1 aliphatic rings. The summed E-state index contributed by atoms with van der Waals surface area (Å²) < 4.78 is 26.8. The Morgan fingerprint density at radius 2 is 1.62 bits per heavy atom. The van der Waals surface area contributed by atoms with Crippen molar-refractivity contribution in [1.29, 1.82) is 5.26 Å². The van der Waals surface area contributed by atoms with Gasteiger partial charge in [0.15, 0.2) is 0 Å². The number of nitrogens with zero attached hydrogens (tertiary/aromatic N) is 3. The number of piperazine rings is 1. The molecular weight excluding hydrogens is 350 g/mol. The fraction of sp³-hybridized carbons (Fsp3) is 0.263. The molecule has 0 aromatic heterocycles. The van der Waals surface area contributed by atoms with E-state index in [4.69, 9.17) is 5.26 Å². The van der Waals surface area contributed by atoms with Crippen LogP contribution in [-0.2, 0) is 10.0 Å². The van der Waals surface area contributed by atoms with Crippen molar-refractivity contribution in [3.8, 4) is 6.07 Å². The van der Waals surface area contributed by atoms with Crippen LogP contribution in [0.1, 0.15) is 21.5 Å². The van der Waals surface area contributed by atoms with E-state index < -0.39 is 10.0 Å². The third-order valence-corrected chi connectivity index (χ3v) is 6.44. The van der Waals surface area contributed by atoms with E-state index in [2.05, 4.69) is 0 Å². The normalized spacial score (nSPS) is 15.5. The average molecular weight is 369 g/mol. The van der Waals surface area contributed by atoms with Gasteiger partial charge in [-0.1, -0.05) is 18.2 Å². The Bertz CT molecular complexity index is 954. The molecule has 1 aliphatic heterocycles. The summed E-state index contributed by atoms with van der Waals surface area (Å²) in [5, 5.41) is 8.83. The molecular formula is C19H19N3O3S. The van der Waals surface area contributed by atoms with Gasteiger partial charge in [-0.15, -0.1) is 0 Å². The van der Waals surface area contributed by atoms with Gasteiger partial charge in [-0.2, -0.15) is 9.57 Å². The number of nitriles is 1. The van der Waals surface area contributed by atoms with E-state index in [1.807, 2.05) is 31.2 Å². The van der Waals surface area contributed by atoms with Crippen molar-refractivity contribution < 1.29 is 13.2 Å². The molecule has 0 atom stereocenters. The minimum absolute atomic E-state index is 0.0708. The first-order valence-electron chi connectivity index (χ1n) is 8.28. The lowest BCUT2D eigenvalue weighted by atomic mass is 10.1. The number of carbonyl (C=O) groups is 1. The number of sulfonamides is 1. The summed E-state index contributed by atoms with van der Waals surface area (Å²) in [6.07, 6.45) is 0. The summed E-state index contributed by atoms with van der Waals surface area (Å²) in [5.41, 5.74) is 1.97. The number of benzene rings is 2. The molecule has 26 heavy (non-hydrogen) atoms. The lowest BCUT2D eigenvalue weighted by Crippen LogP contribution is -2.50. The lowest BCUT2D eigenvalue weighted by molar-refractivity contribution is 0.0697. The third kappa shape index (κ3) is 3.47. The zero-order valence-corrected chi connectivity index (χ0v) is 15.2. The maximum Gasteiger partial charge on any atom is 0.254 e. The topological polar surface area (TPSA) is 81.5 Å². The number of aryl methyl sites for hydroxylation is 1. The van der Waals surface area contributed by atoms with E-state index >= 15 is 0 Å². The van der Waals surface area contributed by atoms with Gasteiger partial charge in [-0.25, -0.2) is 8.42 Å². The molecule has 0 spiro atoms. The molecule has 1 amide bonds. The van der Waals surface area contributed by atoms with E-state index in [0.717, 1.165) is 5.56 Å². The zero-order valence-electron chi connectivity index (χ0n) is 14.4. The molecule has 2 aromatic rings. The molecule has 1 fully saturated rings. The Hall–Kier alpha value is -2.69. The Morgan fingerprint density at radius 1 is 1.00 bits per heavy atom. The number of rotatable bonds is 3. The molecule has 6 nitrogen and oxygen atoms in total. The van der Waals surface area contributed by atoms with Gasteiger partial charge >= 0.3 is 0 Å². The van der Waals surface area contributed by atoms with Gasteiger partial charge in [-0.05, 0) is 42.8 Å². The van der Waals surface area contributed by atoms with Crippen molar-refractivity contribution in [3.63, 3.8) is 0 Å². The Balaban J connectivity index is 1.70. The van der Waals surface area contributed by atoms with Gasteiger partial charge in [0.2, 0.25) is 10.0 Å². The maximum absolute atomic E-state index is 12.7. The smallest absolute Gasteiger partial charge is 0.254 e. The fourth-order valence-corrected chi connectivity index (χ4v) is 4.39. The lowest BCUT2D eigenvalue weighted by Gasteiger charge is -2.34. The number of hydrogen-bond acceptors (Lipinski definition) is 4. The highest BCUT2D eigenvalue weighted by molar-refractivity contribution is 7.89. The molecule has 0 unspecified atom stereocenters. The van der Waals surface area contributed by atoms with Gasteiger partial charge in [-0.3, -0.25) is 4.79 Å². The van der Waals surface area contributed by atoms with Crippen LogP contribution in [0.15, 0.2) is 53.4 Å². The summed E-state index contributed by atoms with van der Waals surface area (Å²) >= 11 is 0. The zero-order chi connectivity index (χ0) is 18.7. The van der Waals surface area contributed by atoms with E-state index in [0.29, 0.717) is 24.2 Å². The fourth-order valence-electron chi connectivity index (χ4n) is 2.97. The molecule has 0 N–H and O–H groups in total. The molecule has 0 aliphatic carbocycles.